The van der Waals surface area contributed by atoms with Crippen LogP contribution in [0.1, 0.15) is 12.5 Å². The Morgan fingerprint density at radius 3 is 2.92 bits per heavy atom. The molecule has 0 bridgehead atoms. The van der Waals surface area contributed by atoms with Gasteiger partial charge in [0.05, 0.1) is 24.4 Å². The van der Waals surface area contributed by atoms with Crippen molar-refractivity contribution in [1.29, 1.82) is 0 Å². The molecule has 0 spiro atoms. The van der Waals surface area contributed by atoms with E-state index in [1.807, 2.05) is 31.2 Å². The zero-order chi connectivity index (χ0) is 17.8. The van der Waals surface area contributed by atoms with Crippen molar-refractivity contribution in [3.63, 3.8) is 0 Å². The van der Waals surface area contributed by atoms with Crippen LogP contribution in [0, 0.1) is 6.92 Å². The van der Waals surface area contributed by atoms with Gasteiger partial charge in [0.15, 0.2) is 0 Å². The molecule has 1 aliphatic rings. The maximum Gasteiger partial charge on any atom is 0.337 e. The van der Waals surface area contributed by atoms with E-state index in [1.54, 1.807) is 6.92 Å². The third-order valence-electron chi connectivity index (χ3n) is 3.71. The monoisotopic (exact) mass is 342 g/mol. The molecule has 0 saturated carbocycles. The van der Waals surface area contributed by atoms with Crippen molar-refractivity contribution in [3.05, 3.63) is 41.1 Å². The van der Waals surface area contributed by atoms with E-state index < -0.39 is 5.97 Å². The average molecular weight is 342 g/mol. The molecule has 2 amide bonds. The number of hydrogen-bond donors (Lipinski definition) is 2. The molecule has 0 unspecified atom stereocenters. The summed E-state index contributed by atoms with van der Waals surface area (Å²) in [5, 5.41) is 17.6. The van der Waals surface area contributed by atoms with E-state index in [2.05, 4.69) is 26.0 Å². The van der Waals surface area contributed by atoms with Crippen molar-refractivity contribution in [2.24, 2.45) is 0 Å². The lowest BCUT2D eigenvalue weighted by molar-refractivity contribution is -0.138. The molecule has 0 aliphatic carbocycles. The van der Waals surface area contributed by atoms with E-state index in [1.165, 1.54) is 4.80 Å². The lowest BCUT2D eigenvalue weighted by atomic mass is 10.1. The number of nitrogens with zero attached hydrogens (tertiary/aromatic N) is 4. The van der Waals surface area contributed by atoms with Crippen molar-refractivity contribution < 1.29 is 14.3 Å². The van der Waals surface area contributed by atoms with Gasteiger partial charge in [0, 0.05) is 5.56 Å². The van der Waals surface area contributed by atoms with E-state index in [0.717, 1.165) is 11.1 Å². The van der Waals surface area contributed by atoms with E-state index in [0.29, 0.717) is 17.1 Å². The van der Waals surface area contributed by atoms with Crippen molar-refractivity contribution in [2.75, 3.05) is 13.2 Å². The Balaban J connectivity index is 1.86. The molecule has 1 aromatic carbocycles. The molecule has 3 rings (SSSR count). The highest BCUT2D eigenvalue weighted by Gasteiger charge is 2.24. The van der Waals surface area contributed by atoms with Crippen LogP contribution in [0.4, 0.5) is 4.79 Å². The maximum atomic E-state index is 12.0. The first-order valence-electron chi connectivity index (χ1n) is 7.86. The number of benzene rings is 1. The Morgan fingerprint density at radius 1 is 1.36 bits per heavy atom. The number of allylic oxidation sites excluding steroid dienone is 1. The van der Waals surface area contributed by atoms with Crippen LogP contribution in [-0.2, 0) is 16.1 Å². The topological polar surface area (TPSA) is 111 Å². The first-order chi connectivity index (χ1) is 12.1. The minimum absolute atomic E-state index is 0.0966. The van der Waals surface area contributed by atoms with Gasteiger partial charge < -0.3 is 15.4 Å². The molecule has 1 aliphatic heterocycles. The number of nitrogens with one attached hydrogen (secondary N) is 2. The number of hydrogen-bond acceptors (Lipinski definition) is 6. The highest BCUT2D eigenvalue weighted by Crippen LogP contribution is 2.18. The fourth-order valence-electron chi connectivity index (χ4n) is 2.46. The number of aromatic nitrogens is 4. The van der Waals surface area contributed by atoms with Crippen LogP contribution in [0.2, 0.25) is 0 Å². The average Bonchev–Trinajstić information content (AvgIpc) is 3.04. The first kappa shape index (κ1) is 16.6. The Hall–Kier alpha value is -3.23. The number of urea groups is 1. The Bertz CT molecular complexity index is 842. The van der Waals surface area contributed by atoms with Gasteiger partial charge in [-0.1, -0.05) is 24.3 Å². The van der Waals surface area contributed by atoms with E-state index >= 15 is 0 Å². The summed E-state index contributed by atoms with van der Waals surface area (Å²) in [6.45, 7) is 4.15. The third kappa shape index (κ3) is 3.65. The van der Waals surface area contributed by atoms with Gasteiger partial charge in [0.2, 0.25) is 5.82 Å². The van der Waals surface area contributed by atoms with Crippen molar-refractivity contribution in [3.8, 4) is 11.4 Å². The molecule has 130 valence electrons. The summed E-state index contributed by atoms with van der Waals surface area (Å²) in [5.41, 5.74) is 2.65. The molecule has 0 radical (unpaired) electrons. The molecular weight excluding hydrogens is 324 g/mol. The largest absolute Gasteiger partial charge is 0.463 e. The van der Waals surface area contributed by atoms with E-state index in [-0.39, 0.29) is 25.7 Å². The van der Waals surface area contributed by atoms with E-state index in [4.69, 9.17) is 4.74 Å². The minimum Gasteiger partial charge on any atom is -0.463 e. The molecule has 2 N–H and O–H groups in total. The SMILES string of the molecule is CCOC(=O)C1=C(Cn2nnc(-c3ccccc3C)n2)NC(=O)NC1. The number of aryl methyl sites for hydroxylation is 1. The molecule has 2 heterocycles. The predicted octanol–water partition coefficient (Wildman–Crippen LogP) is 0.779. The highest BCUT2D eigenvalue weighted by atomic mass is 16.5. The number of tetrazole rings is 1. The fraction of sp³-hybridized carbons (Fsp3) is 0.312. The van der Waals surface area contributed by atoms with Crippen LogP contribution < -0.4 is 10.6 Å². The highest BCUT2D eigenvalue weighted by molar-refractivity contribution is 5.93. The standard InChI is InChI=1S/C16H18N6O3/c1-3-25-15(23)12-8-17-16(24)18-13(12)9-22-20-14(19-21-22)11-7-5-4-6-10(11)2/h4-7H,3,8-9H2,1-2H3,(H2,17,18,24). The van der Waals surface area contributed by atoms with Crippen molar-refractivity contribution in [2.45, 2.75) is 20.4 Å². The predicted molar refractivity (Wildman–Crippen MR) is 88.2 cm³/mol. The van der Waals surface area contributed by atoms with Gasteiger partial charge in [0.1, 0.15) is 6.54 Å². The van der Waals surface area contributed by atoms with Gasteiger partial charge in [0.25, 0.3) is 0 Å². The molecule has 1 aromatic heterocycles. The minimum atomic E-state index is -0.482. The zero-order valence-corrected chi connectivity index (χ0v) is 13.9. The first-order valence-corrected chi connectivity index (χ1v) is 7.86. The van der Waals surface area contributed by atoms with Crippen LogP contribution in [0.5, 0.6) is 0 Å². The molecule has 0 saturated heterocycles. The van der Waals surface area contributed by atoms with Gasteiger partial charge in [-0.2, -0.15) is 4.80 Å². The van der Waals surface area contributed by atoms with Crippen molar-refractivity contribution >= 4 is 12.0 Å². The second-order valence-corrected chi connectivity index (χ2v) is 5.44. The maximum absolute atomic E-state index is 12.0. The molecule has 9 heteroatoms. The molecule has 0 atom stereocenters. The Morgan fingerprint density at radius 2 is 2.16 bits per heavy atom. The third-order valence-corrected chi connectivity index (χ3v) is 3.71. The molecular formula is C16H18N6O3. The zero-order valence-electron chi connectivity index (χ0n) is 13.9. The Labute approximate surface area is 144 Å². The number of esters is 1. The summed E-state index contributed by atoms with van der Waals surface area (Å²) in [4.78, 5) is 25.0. The summed E-state index contributed by atoms with van der Waals surface area (Å²) in [7, 11) is 0. The smallest absolute Gasteiger partial charge is 0.337 e. The second-order valence-electron chi connectivity index (χ2n) is 5.44. The number of carbonyl (C=O) groups is 2. The normalized spacial score (nSPS) is 14.1. The number of rotatable bonds is 5. The lowest BCUT2D eigenvalue weighted by Gasteiger charge is -2.20. The summed E-state index contributed by atoms with van der Waals surface area (Å²) in [6.07, 6.45) is 0. The molecule has 2 aromatic rings. The number of carbonyl (C=O) groups excluding carboxylic acids is 2. The lowest BCUT2D eigenvalue weighted by Crippen LogP contribution is -2.45. The quantitative estimate of drug-likeness (QED) is 0.777. The van der Waals surface area contributed by atoms with Gasteiger partial charge in [-0.25, -0.2) is 9.59 Å². The van der Waals surface area contributed by atoms with Gasteiger partial charge >= 0.3 is 12.0 Å². The van der Waals surface area contributed by atoms with Gasteiger partial charge in [-0.15, -0.1) is 10.2 Å². The fourth-order valence-corrected chi connectivity index (χ4v) is 2.46. The van der Waals surface area contributed by atoms with Crippen LogP contribution in [0.15, 0.2) is 35.5 Å². The summed E-state index contributed by atoms with van der Waals surface area (Å²) >= 11 is 0. The molecule has 0 fully saturated rings. The Kier molecular flexibility index (Phi) is 4.73. The summed E-state index contributed by atoms with van der Waals surface area (Å²) in [6, 6.07) is 7.32. The van der Waals surface area contributed by atoms with Crippen molar-refractivity contribution in [1.82, 2.24) is 30.8 Å². The van der Waals surface area contributed by atoms with Gasteiger partial charge in [-0.05, 0) is 24.6 Å². The van der Waals surface area contributed by atoms with Crippen LogP contribution in [-0.4, -0.2) is 45.4 Å². The van der Waals surface area contributed by atoms with E-state index in [9.17, 15) is 9.59 Å². The second kappa shape index (κ2) is 7.12. The van der Waals surface area contributed by atoms with Crippen LogP contribution in [0.3, 0.4) is 0 Å². The molecule has 9 nitrogen and oxygen atoms in total. The number of ether oxygens (including phenoxy) is 1. The van der Waals surface area contributed by atoms with Crippen LogP contribution >= 0.6 is 0 Å². The summed E-state index contributed by atoms with van der Waals surface area (Å²) < 4.78 is 5.02. The number of amides is 2. The summed E-state index contributed by atoms with van der Waals surface area (Å²) in [5.74, 6) is 0.000822. The van der Waals surface area contributed by atoms with Gasteiger partial charge in [-0.3, -0.25) is 0 Å². The van der Waals surface area contributed by atoms with Crippen LogP contribution in [0.25, 0.3) is 11.4 Å². The molecule has 25 heavy (non-hydrogen) atoms.